The number of carbonyl (C=O) groups is 1. The second-order valence-corrected chi connectivity index (χ2v) is 5.49. The first-order valence-electron chi connectivity index (χ1n) is 5.11. The summed E-state index contributed by atoms with van der Waals surface area (Å²) in [6, 6.07) is 3.58. The maximum Gasteiger partial charge on any atom is 0.270 e. The number of amides is 1. The van der Waals surface area contributed by atoms with Gasteiger partial charge in [0.05, 0.1) is 0 Å². The Balaban J connectivity index is 1.71. The molecule has 1 aromatic heterocycles. The Morgan fingerprint density at radius 3 is 2.67 bits per heavy atom. The summed E-state index contributed by atoms with van der Waals surface area (Å²) in [7, 11) is 0. The smallest absolute Gasteiger partial charge is 0.270 e. The fraction of sp³-hybridized carbons (Fsp3) is 0.455. The molecule has 0 aliphatic heterocycles. The fourth-order valence-corrected chi connectivity index (χ4v) is 2.68. The molecule has 1 heterocycles. The maximum atomic E-state index is 11.8. The Bertz CT molecular complexity index is 398. The molecule has 1 N–H and O–H groups in total. The van der Waals surface area contributed by atoms with Crippen molar-refractivity contribution in [3.63, 3.8) is 0 Å². The van der Waals surface area contributed by atoms with Crippen LogP contribution < -0.4 is 5.32 Å². The summed E-state index contributed by atoms with van der Waals surface area (Å²) in [5.41, 5.74) is 0.638. The van der Waals surface area contributed by atoms with Crippen molar-refractivity contribution >= 4 is 21.8 Å². The van der Waals surface area contributed by atoms with Crippen LogP contribution in [-0.2, 0) is 0 Å². The molecule has 3 aliphatic rings. The topological polar surface area (TPSA) is 42.0 Å². The van der Waals surface area contributed by atoms with Crippen molar-refractivity contribution in [2.45, 2.75) is 24.8 Å². The molecule has 0 atom stereocenters. The van der Waals surface area contributed by atoms with Crippen molar-refractivity contribution in [3.05, 3.63) is 28.5 Å². The lowest BCUT2D eigenvalue weighted by atomic mass is 9.50. The molecule has 15 heavy (non-hydrogen) atoms. The number of pyridine rings is 1. The first-order valence-corrected chi connectivity index (χ1v) is 5.90. The van der Waals surface area contributed by atoms with Gasteiger partial charge in [-0.15, -0.1) is 0 Å². The standard InChI is InChI=1S/C11H11BrN2O/c12-8-1-2-9(13-6-8)10(15)14-11-3-7(4-11)5-11/h1-2,6-7H,3-5H2,(H,14,15). The van der Waals surface area contributed by atoms with Gasteiger partial charge in [-0.05, 0) is 53.2 Å². The Labute approximate surface area is 96.4 Å². The van der Waals surface area contributed by atoms with E-state index >= 15 is 0 Å². The molecule has 1 aromatic rings. The Morgan fingerprint density at radius 1 is 1.47 bits per heavy atom. The van der Waals surface area contributed by atoms with Crippen LogP contribution in [0.25, 0.3) is 0 Å². The lowest BCUT2D eigenvalue weighted by Gasteiger charge is -2.61. The van der Waals surface area contributed by atoms with Crippen molar-refractivity contribution in [2.75, 3.05) is 0 Å². The van der Waals surface area contributed by atoms with Crippen LogP contribution >= 0.6 is 15.9 Å². The second kappa shape index (κ2) is 3.04. The normalized spacial score (nSPS) is 31.4. The number of nitrogens with zero attached hydrogens (tertiary/aromatic N) is 1. The van der Waals surface area contributed by atoms with Gasteiger partial charge in [-0.25, -0.2) is 4.98 Å². The van der Waals surface area contributed by atoms with E-state index < -0.39 is 0 Å². The van der Waals surface area contributed by atoms with Crippen LogP contribution in [0, 0.1) is 5.92 Å². The summed E-state index contributed by atoms with van der Waals surface area (Å²) in [6.07, 6.45) is 5.14. The summed E-state index contributed by atoms with van der Waals surface area (Å²) in [5, 5.41) is 3.08. The minimum Gasteiger partial charge on any atom is -0.345 e. The van der Waals surface area contributed by atoms with E-state index in [2.05, 4.69) is 26.2 Å². The third-order valence-electron chi connectivity index (χ3n) is 3.38. The highest BCUT2D eigenvalue weighted by Crippen LogP contribution is 2.56. The molecular weight excluding hydrogens is 256 g/mol. The molecule has 3 nitrogen and oxygen atoms in total. The quantitative estimate of drug-likeness (QED) is 0.891. The largest absolute Gasteiger partial charge is 0.345 e. The van der Waals surface area contributed by atoms with Crippen LogP contribution in [0.2, 0.25) is 0 Å². The molecule has 0 spiro atoms. The van der Waals surface area contributed by atoms with Crippen LogP contribution in [0.1, 0.15) is 29.8 Å². The third kappa shape index (κ3) is 1.47. The molecule has 3 aliphatic carbocycles. The highest BCUT2D eigenvalue weighted by molar-refractivity contribution is 9.10. The minimum atomic E-state index is -0.0411. The zero-order chi connectivity index (χ0) is 10.5. The van der Waals surface area contributed by atoms with Crippen LogP contribution in [-0.4, -0.2) is 16.4 Å². The van der Waals surface area contributed by atoms with E-state index in [0.29, 0.717) is 5.69 Å². The SMILES string of the molecule is O=C(NC12CC(C1)C2)c1ccc(Br)cn1. The van der Waals surface area contributed by atoms with E-state index in [1.54, 1.807) is 12.3 Å². The molecule has 2 bridgehead atoms. The molecule has 4 rings (SSSR count). The monoisotopic (exact) mass is 266 g/mol. The van der Waals surface area contributed by atoms with Crippen LogP contribution in [0.5, 0.6) is 0 Å². The lowest BCUT2D eigenvalue weighted by Crippen LogP contribution is -2.68. The molecule has 4 heteroatoms. The van der Waals surface area contributed by atoms with Crippen LogP contribution in [0.3, 0.4) is 0 Å². The van der Waals surface area contributed by atoms with E-state index in [-0.39, 0.29) is 11.4 Å². The van der Waals surface area contributed by atoms with Gasteiger partial charge in [0, 0.05) is 16.2 Å². The van der Waals surface area contributed by atoms with E-state index in [9.17, 15) is 4.79 Å². The van der Waals surface area contributed by atoms with Crippen molar-refractivity contribution in [1.29, 1.82) is 0 Å². The number of aromatic nitrogens is 1. The maximum absolute atomic E-state index is 11.8. The van der Waals surface area contributed by atoms with Gasteiger partial charge in [-0.1, -0.05) is 0 Å². The molecule has 1 amide bonds. The van der Waals surface area contributed by atoms with Crippen molar-refractivity contribution in [3.8, 4) is 0 Å². The predicted octanol–water partition coefficient (Wildman–Crippen LogP) is 2.13. The van der Waals surface area contributed by atoms with E-state index in [4.69, 9.17) is 0 Å². The van der Waals surface area contributed by atoms with Gasteiger partial charge in [0.2, 0.25) is 0 Å². The van der Waals surface area contributed by atoms with Gasteiger partial charge < -0.3 is 5.32 Å². The Hall–Kier alpha value is -0.900. The summed E-state index contributed by atoms with van der Waals surface area (Å²) in [4.78, 5) is 15.9. The Kier molecular flexibility index (Phi) is 1.89. The van der Waals surface area contributed by atoms with Crippen molar-refractivity contribution in [2.24, 2.45) is 5.92 Å². The van der Waals surface area contributed by atoms with Gasteiger partial charge in [0.1, 0.15) is 5.69 Å². The van der Waals surface area contributed by atoms with Gasteiger partial charge >= 0.3 is 0 Å². The highest BCUT2D eigenvalue weighted by Gasteiger charge is 2.57. The number of hydrogen-bond acceptors (Lipinski definition) is 2. The molecule has 3 fully saturated rings. The fourth-order valence-electron chi connectivity index (χ4n) is 2.45. The first-order chi connectivity index (χ1) is 7.17. The predicted molar refractivity (Wildman–Crippen MR) is 59.5 cm³/mol. The van der Waals surface area contributed by atoms with E-state index in [1.165, 1.54) is 0 Å². The lowest BCUT2D eigenvalue weighted by molar-refractivity contribution is -0.0439. The first kappa shape index (κ1) is 9.33. The van der Waals surface area contributed by atoms with Gasteiger partial charge in [-0.3, -0.25) is 4.79 Å². The molecule has 78 valence electrons. The second-order valence-electron chi connectivity index (χ2n) is 4.57. The number of halogens is 1. The van der Waals surface area contributed by atoms with Gasteiger partial charge in [-0.2, -0.15) is 0 Å². The number of rotatable bonds is 2. The van der Waals surface area contributed by atoms with Gasteiger partial charge in [0.15, 0.2) is 0 Å². The summed E-state index contributed by atoms with van der Waals surface area (Å²) in [6.45, 7) is 0. The van der Waals surface area contributed by atoms with Gasteiger partial charge in [0.25, 0.3) is 5.91 Å². The average Bonchev–Trinajstić information content (AvgIpc) is 2.10. The van der Waals surface area contributed by atoms with Crippen molar-refractivity contribution < 1.29 is 4.79 Å². The zero-order valence-corrected chi connectivity index (χ0v) is 9.75. The Morgan fingerprint density at radius 2 is 2.20 bits per heavy atom. The molecule has 0 unspecified atom stereocenters. The third-order valence-corrected chi connectivity index (χ3v) is 3.85. The van der Waals surface area contributed by atoms with Crippen molar-refractivity contribution in [1.82, 2.24) is 10.3 Å². The summed E-state index contributed by atoms with van der Waals surface area (Å²) in [5.74, 6) is 0.837. The molecular formula is C11H11BrN2O. The number of nitrogens with one attached hydrogen (secondary N) is 1. The number of hydrogen-bond donors (Lipinski definition) is 1. The number of carbonyl (C=O) groups excluding carboxylic acids is 1. The summed E-state index contributed by atoms with van der Waals surface area (Å²) >= 11 is 3.29. The highest BCUT2D eigenvalue weighted by atomic mass is 79.9. The van der Waals surface area contributed by atoms with Crippen LogP contribution in [0.15, 0.2) is 22.8 Å². The molecule has 0 saturated heterocycles. The minimum absolute atomic E-state index is 0.0411. The average molecular weight is 267 g/mol. The molecule has 3 saturated carbocycles. The van der Waals surface area contributed by atoms with E-state index in [1.807, 2.05) is 6.07 Å². The molecule has 0 radical (unpaired) electrons. The molecule has 0 aromatic carbocycles. The summed E-state index contributed by atoms with van der Waals surface area (Å²) < 4.78 is 0.893. The van der Waals surface area contributed by atoms with Crippen LogP contribution in [0.4, 0.5) is 0 Å². The van der Waals surface area contributed by atoms with E-state index in [0.717, 1.165) is 29.7 Å². The zero-order valence-electron chi connectivity index (χ0n) is 8.16.